The van der Waals surface area contributed by atoms with Crippen LogP contribution in [-0.2, 0) is 13.1 Å². The van der Waals surface area contributed by atoms with Crippen LogP contribution < -0.4 is 10.5 Å². The largest absolute Gasteiger partial charge is 0.494 e. The Kier molecular flexibility index (Phi) is 6.25. The van der Waals surface area contributed by atoms with E-state index >= 15 is 0 Å². The molecule has 0 atom stereocenters. The first-order chi connectivity index (χ1) is 10.3. The summed E-state index contributed by atoms with van der Waals surface area (Å²) in [6.07, 6.45) is 0. The smallest absolute Gasteiger partial charge is 0.119 e. The number of hydrogen-bond acceptors (Lipinski definition) is 3. The maximum Gasteiger partial charge on any atom is 0.119 e. The van der Waals surface area contributed by atoms with Gasteiger partial charge in [0.05, 0.1) is 6.61 Å². The molecule has 0 spiro atoms. The summed E-state index contributed by atoms with van der Waals surface area (Å²) in [4.78, 5) is 2.36. The maximum atomic E-state index is 5.75. The maximum absolute atomic E-state index is 5.75. The van der Waals surface area contributed by atoms with Gasteiger partial charge in [-0.1, -0.05) is 42.5 Å². The van der Waals surface area contributed by atoms with Gasteiger partial charge in [0.25, 0.3) is 0 Å². The zero-order valence-corrected chi connectivity index (χ0v) is 12.7. The summed E-state index contributed by atoms with van der Waals surface area (Å²) < 4.78 is 5.56. The quantitative estimate of drug-likeness (QED) is 0.809. The summed E-state index contributed by atoms with van der Waals surface area (Å²) in [6.45, 7) is 6.04. The van der Waals surface area contributed by atoms with Gasteiger partial charge in [-0.25, -0.2) is 0 Å². The van der Waals surface area contributed by atoms with Crippen LogP contribution in [0.4, 0.5) is 0 Å². The molecule has 0 unspecified atom stereocenters. The number of rotatable bonds is 8. The van der Waals surface area contributed by atoms with E-state index in [0.717, 1.165) is 25.4 Å². The summed E-state index contributed by atoms with van der Waals surface area (Å²) in [7, 11) is 0. The highest BCUT2D eigenvalue weighted by Gasteiger charge is 2.07. The van der Waals surface area contributed by atoms with E-state index in [2.05, 4.69) is 41.3 Å². The monoisotopic (exact) mass is 284 g/mol. The molecule has 21 heavy (non-hydrogen) atoms. The molecule has 0 amide bonds. The molecule has 0 radical (unpaired) electrons. The zero-order chi connectivity index (χ0) is 14.9. The predicted molar refractivity (Wildman–Crippen MR) is 87.2 cm³/mol. The lowest BCUT2D eigenvalue weighted by atomic mass is 10.1. The fraction of sp³-hybridized carbons (Fsp3) is 0.333. The van der Waals surface area contributed by atoms with Crippen LogP contribution in [0.3, 0.4) is 0 Å². The van der Waals surface area contributed by atoms with Crippen molar-refractivity contribution in [3.05, 3.63) is 65.7 Å². The second-order valence-electron chi connectivity index (χ2n) is 5.07. The van der Waals surface area contributed by atoms with Gasteiger partial charge >= 0.3 is 0 Å². The normalized spacial score (nSPS) is 10.8. The molecule has 112 valence electrons. The van der Waals surface area contributed by atoms with Crippen molar-refractivity contribution in [3.8, 4) is 5.75 Å². The lowest BCUT2D eigenvalue weighted by Gasteiger charge is -2.22. The molecule has 0 aromatic heterocycles. The minimum absolute atomic E-state index is 0.665. The predicted octanol–water partition coefficient (Wildman–Crippen LogP) is 3.05. The highest BCUT2D eigenvalue weighted by molar-refractivity contribution is 5.28. The Hall–Kier alpha value is -1.84. The third-order valence-electron chi connectivity index (χ3n) is 3.31. The van der Waals surface area contributed by atoms with Gasteiger partial charge in [-0.2, -0.15) is 0 Å². The van der Waals surface area contributed by atoms with Crippen LogP contribution in [0, 0.1) is 0 Å². The Balaban J connectivity index is 2.03. The van der Waals surface area contributed by atoms with Crippen LogP contribution in [0.5, 0.6) is 5.75 Å². The van der Waals surface area contributed by atoms with Crippen LogP contribution in [0.1, 0.15) is 18.1 Å². The van der Waals surface area contributed by atoms with Crippen LogP contribution in [-0.4, -0.2) is 24.6 Å². The van der Waals surface area contributed by atoms with Gasteiger partial charge in [-0.15, -0.1) is 0 Å². The van der Waals surface area contributed by atoms with E-state index in [1.165, 1.54) is 11.1 Å². The van der Waals surface area contributed by atoms with Crippen molar-refractivity contribution >= 4 is 0 Å². The molecule has 0 aliphatic heterocycles. The Morgan fingerprint density at radius 3 is 2.38 bits per heavy atom. The molecule has 0 fully saturated rings. The molecule has 2 rings (SSSR count). The van der Waals surface area contributed by atoms with E-state index < -0.39 is 0 Å². The fourth-order valence-corrected chi connectivity index (χ4v) is 2.40. The van der Waals surface area contributed by atoms with Crippen molar-refractivity contribution in [2.24, 2.45) is 5.73 Å². The van der Waals surface area contributed by atoms with E-state index in [1.54, 1.807) is 0 Å². The lowest BCUT2D eigenvalue weighted by molar-refractivity contribution is 0.263. The molecule has 0 bridgehead atoms. The molecule has 2 N–H and O–H groups in total. The van der Waals surface area contributed by atoms with Gasteiger partial charge in [-0.3, -0.25) is 4.90 Å². The molecule has 0 heterocycles. The van der Waals surface area contributed by atoms with Crippen molar-refractivity contribution in [2.75, 3.05) is 19.7 Å². The first-order valence-electron chi connectivity index (χ1n) is 7.50. The highest BCUT2D eigenvalue weighted by Crippen LogP contribution is 2.16. The average Bonchev–Trinajstić information content (AvgIpc) is 2.49. The van der Waals surface area contributed by atoms with Gasteiger partial charge in [0.2, 0.25) is 0 Å². The summed E-state index contributed by atoms with van der Waals surface area (Å²) in [5, 5.41) is 0. The van der Waals surface area contributed by atoms with Crippen LogP contribution >= 0.6 is 0 Å². The van der Waals surface area contributed by atoms with Gasteiger partial charge < -0.3 is 10.5 Å². The molecular formula is C18H24N2O. The summed E-state index contributed by atoms with van der Waals surface area (Å²) >= 11 is 0. The Bertz CT molecular complexity index is 528. The molecule has 0 aliphatic rings. The zero-order valence-electron chi connectivity index (χ0n) is 12.7. The molecule has 3 heteroatoms. The molecule has 0 saturated heterocycles. The highest BCUT2D eigenvalue weighted by atomic mass is 16.5. The number of nitrogens with zero attached hydrogens (tertiary/aromatic N) is 1. The molecule has 0 saturated carbocycles. The minimum atomic E-state index is 0.665. The second kappa shape index (κ2) is 8.45. The standard InChI is InChI=1S/C18H24N2O/c1-2-21-18-10-6-9-17(13-18)15-20(12-11-19)14-16-7-4-3-5-8-16/h3-10,13H,2,11-12,14-15,19H2,1H3. The average molecular weight is 284 g/mol. The van der Waals surface area contributed by atoms with Crippen molar-refractivity contribution in [3.63, 3.8) is 0 Å². The van der Waals surface area contributed by atoms with Crippen LogP contribution in [0.25, 0.3) is 0 Å². The number of hydrogen-bond donors (Lipinski definition) is 1. The van der Waals surface area contributed by atoms with E-state index in [4.69, 9.17) is 10.5 Å². The third-order valence-corrected chi connectivity index (χ3v) is 3.31. The van der Waals surface area contributed by atoms with Crippen molar-refractivity contribution in [1.29, 1.82) is 0 Å². The first kappa shape index (κ1) is 15.5. The molecule has 0 aliphatic carbocycles. The number of ether oxygens (including phenoxy) is 1. The SMILES string of the molecule is CCOc1cccc(CN(CCN)Cc2ccccc2)c1. The number of benzene rings is 2. The first-order valence-corrected chi connectivity index (χ1v) is 7.50. The van der Waals surface area contributed by atoms with Crippen LogP contribution in [0.15, 0.2) is 54.6 Å². The summed E-state index contributed by atoms with van der Waals surface area (Å²) in [5.74, 6) is 0.933. The van der Waals surface area contributed by atoms with Crippen molar-refractivity contribution < 1.29 is 4.74 Å². The second-order valence-corrected chi connectivity index (χ2v) is 5.07. The van der Waals surface area contributed by atoms with E-state index in [9.17, 15) is 0 Å². The molecule has 2 aromatic rings. The van der Waals surface area contributed by atoms with Gasteiger partial charge in [0, 0.05) is 26.2 Å². The summed E-state index contributed by atoms with van der Waals surface area (Å²) in [5.41, 5.74) is 8.31. The van der Waals surface area contributed by atoms with E-state index in [1.807, 2.05) is 25.1 Å². The van der Waals surface area contributed by atoms with Gasteiger partial charge in [0.1, 0.15) is 5.75 Å². The van der Waals surface area contributed by atoms with Crippen molar-refractivity contribution in [2.45, 2.75) is 20.0 Å². The minimum Gasteiger partial charge on any atom is -0.494 e. The Morgan fingerprint density at radius 1 is 0.952 bits per heavy atom. The van der Waals surface area contributed by atoms with Gasteiger partial charge in [-0.05, 0) is 30.2 Å². The molecule has 2 aromatic carbocycles. The van der Waals surface area contributed by atoms with E-state index in [-0.39, 0.29) is 0 Å². The lowest BCUT2D eigenvalue weighted by Crippen LogP contribution is -2.28. The topological polar surface area (TPSA) is 38.5 Å². The molecular weight excluding hydrogens is 260 g/mol. The fourth-order valence-electron chi connectivity index (χ4n) is 2.40. The van der Waals surface area contributed by atoms with Crippen molar-refractivity contribution in [1.82, 2.24) is 4.90 Å². The van der Waals surface area contributed by atoms with E-state index in [0.29, 0.717) is 13.2 Å². The van der Waals surface area contributed by atoms with Crippen LogP contribution in [0.2, 0.25) is 0 Å². The molecule has 3 nitrogen and oxygen atoms in total. The third kappa shape index (κ3) is 5.21. The van der Waals surface area contributed by atoms with Gasteiger partial charge in [0.15, 0.2) is 0 Å². The Morgan fingerprint density at radius 2 is 1.67 bits per heavy atom. The summed E-state index contributed by atoms with van der Waals surface area (Å²) in [6, 6.07) is 18.8. The Labute approximate surface area is 127 Å². The number of nitrogens with two attached hydrogens (primary N) is 1.